The fourth-order valence-electron chi connectivity index (χ4n) is 0.908. The first-order chi connectivity index (χ1) is 4.75. The lowest BCUT2D eigenvalue weighted by Gasteiger charge is -2.02. The highest BCUT2D eigenvalue weighted by molar-refractivity contribution is 5.57. The van der Waals surface area contributed by atoms with Crippen molar-refractivity contribution in [2.75, 3.05) is 5.73 Å². The van der Waals surface area contributed by atoms with E-state index in [1.807, 2.05) is 13.0 Å². The summed E-state index contributed by atoms with van der Waals surface area (Å²) in [7, 11) is 0. The van der Waals surface area contributed by atoms with Gasteiger partial charge in [0.2, 0.25) is 0 Å². The molecule has 0 aromatic heterocycles. The summed E-state index contributed by atoms with van der Waals surface area (Å²) in [6, 6.07) is 5.30. The molecule has 0 amide bonds. The lowest BCUT2D eigenvalue weighted by molar-refractivity contribution is 0.477. The number of anilines is 1. The Balaban J connectivity index is 3.14. The number of nitrogen functional groups attached to an aromatic ring is 1. The van der Waals surface area contributed by atoms with Gasteiger partial charge in [0.05, 0.1) is 5.69 Å². The Bertz CT molecular complexity index is 233. The highest BCUT2D eigenvalue weighted by Gasteiger charge is 1.99. The third-order valence-electron chi connectivity index (χ3n) is 1.55. The van der Waals surface area contributed by atoms with Gasteiger partial charge in [-0.1, -0.05) is 19.1 Å². The SMILES string of the molecule is CCc1cccc(O)c1N. The van der Waals surface area contributed by atoms with E-state index in [-0.39, 0.29) is 5.75 Å². The Morgan fingerprint density at radius 1 is 1.50 bits per heavy atom. The predicted molar refractivity (Wildman–Crippen MR) is 41.9 cm³/mol. The normalized spacial score (nSPS) is 9.70. The molecule has 0 unspecified atom stereocenters. The largest absolute Gasteiger partial charge is 0.506 e. The summed E-state index contributed by atoms with van der Waals surface area (Å²) in [5.41, 5.74) is 7.05. The highest BCUT2D eigenvalue weighted by Crippen LogP contribution is 2.23. The van der Waals surface area contributed by atoms with E-state index in [4.69, 9.17) is 10.8 Å². The van der Waals surface area contributed by atoms with Crippen LogP contribution >= 0.6 is 0 Å². The predicted octanol–water partition coefficient (Wildman–Crippen LogP) is 1.54. The van der Waals surface area contributed by atoms with Gasteiger partial charge in [-0.3, -0.25) is 0 Å². The second-order valence-corrected chi connectivity index (χ2v) is 2.20. The summed E-state index contributed by atoms with van der Waals surface area (Å²) in [5, 5.41) is 9.11. The first kappa shape index (κ1) is 6.93. The van der Waals surface area contributed by atoms with Crippen molar-refractivity contribution >= 4 is 5.69 Å². The van der Waals surface area contributed by atoms with Crippen molar-refractivity contribution in [1.29, 1.82) is 0 Å². The topological polar surface area (TPSA) is 46.2 Å². The molecule has 10 heavy (non-hydrogen) atoms. The molecule has 1 rings (SSSR count). The summed E-state index contributed by atoms with van der Waals surface area (Å²) < 4.78 is 0. The molecular weight excluding hydrogens is 126 g/mol. The Kier molecular flexibility index (Phi) is 1.81. The van der Waals surface area contributed by atoms with Crippen molar-refractivity contribution in [3.8, 4) is 5.75 Å². The highest BCUT2D eigenvalue weighted by atomic mass is 16.3. The average molecular weight is 137 g/mol. The van der Waals surface area contributed by atoms with Crippen molar-refractivity contribution < 1.29 is 5.11 Å². The Labute approximate surface area is 60.3 Å². The van der Waals surface area contributed by atoms with E-state index < -0.39 is 0 Å². The molecular formula is C8H11NO. The minimum absolute atomic E-state index is 0.180. The molecule has 0 atom stereocenters. The van der Waals surface area contributed by atoms with Crippen LogP contribution in [0.15, 0.2) is 18.2 Å². The number of benzene rings is 1. The third-order valence-corrected chi connectivity index (χ3v) is 1.55. The minimum Gasteiger partial charge on any atom is -0.506 e. The van der Waals surface area contributed by atoms with E-state index in [1.165, 1.54) is 0 Å². The molecule has 0 radical (unpaired) electrons. The monoisotopic (exact) mass is 137 g/mol. The average Bonchev–Trinajstić information content (AvgIpc) is 1.95. The molecule has 0 bridgehead atoms. The van der Waals surface area contributed by atoms with Crippen LogP contribution in [-0.2, 0) is 6.42 Å². The van der Waals surface area contributed by atoms with Crippen LogP contribution in [0.1, 0.15) is 12.5 Å². The van der Waals surface area contributed by atoms with E-state index in [1.54, 1.807) is 12.1 Å². The molecule has 3 N–H and O–H groups in total. The van der Waals surface area contributed by atoms with Crippen LogP contribution in [0.2, 0.25) is 0 Å². The van der Waals surface area contributed by atoms with Gasteiger partial charge in [-0.2, -0.15) is 0 Å². The number of phenols is 1. The maximum absolute atomic E-state index is 9.11. The van der Waals surface area contributed by atoms with Crippen LogP contribution in [0.3, 0.4) is 0 Å². The fourth-order valence-corrected chi connectivity index (χ4v) is 0.908. The van der Waals surface area contributed by atoms with Crippen molar-refractivity contribution in [2.45, 2.75) is 13.3 Å². The van der Waals surface area contributed by atoms with E-state index in [2.05, 4.69) is 0 Å². The molecule has 1 aromatic rings. The van der Waals surface area contributed by atoms with Gasteiger partial charge in [0, 0.05) is 0 Å². The minimum atomic E-state index is 0.180. The second-order valence-electron chi connectivity index (χ2n) is 2.20. The number of nitrogens with two attached hydrogens (primary N) is 1. The third kappa shape index (κ3) is 1.05. The van der Waals surface area contributed by atoms with Gasteiger partial charge in [0.1, 0.15) is 5.75 Å². The number of aromatic hydroxyl groups is 1. The van der Waals surface area contributed by atoms with Gasteiger partial charge in [0.25, 0.3) is 0 Å². The van der Waals surface area contributed by atoms with Gasteiger partial charge < -0.3 is 10.8 Å². The molecule has 2 nitrogen and oxygen atoms in total. The molecule has 0 saturated carbocycles. The zero-order valence-electron chi connectivity index (χ0n) is 5.96. The Morgan fingerprint density at radius 2 is 2.20 bits per heavy atom. The van der Waals surface area contributed by atoms with Crippen LogP contribution < -0.4 is 5.73 Å². The number of rotatable bonds is 1. The summed E-state index contributed by atoms with van der Waals surface area (Å²) in [6.45, 7) is 2.01. The van der Waals surface area contributed by atoms with Crippen LogP contribution in [0.5, 0.6) is 5.75 Å². The molecule has 0 fully saturated rings. The number of hydrogen-bond donors (Lipinski definition) is 2. The van der Waals surface area contributed by atoms with Crippen molar-refractivity contribution in [3.05, 3.63) is 23.8 Å². The van der Waals surface area contributed by atoms with Crippen LogP contribution in [0, 0.1) is 0 Å². The van der Waals surface area contributed by atoms with Gasteiger partial charge in [0.15, 0.2) is 0 Å². The molecule has 0 spiro atoms. The second kappa shape index (κ2) is 2.60. The lowest BCUT2D eigenvalue weighted by atomic mass is 10.1. The summed E-state index contributed by atoms with van der Waals surface area (Å²) in [4.78, 5) is 0. The van der Waals surface area contributed by atoms with Gasteiger partial charge >= 0.3 is 0 Å². The Morgan fingerprint density at radius 3 is 2.70 bits per heavy atom. The number of para-hydroxylation sites is 1. The smallest absolute Gasteiger partial charge is 0.138 e. The van der Waals surface area contributed by atoms with Crippen molar-refractivity contribution in [1.82, 2.24) is 0 Å². The standard InChI is InChI=1S/C8H11NO/c1-2-6-4-3-5-7(10)8(6)9/h3-5,10H,2,9H2,1H3. The summed E-state index contributed by atoms with van der Waals surface area (Å²) in [5.74, 6) is 0.180. The number of aryl methyl sites for hydroxylation is 1. The van der Waals surface area contributed by atoms with Crippen LogP contribution in [-0.4, -0.2) is 5.11 Å². The molecule has 0 aliphatic heterocycles. The van der Waals surface area contributed by atoms with Crippen molar-refractivity contribution in [2.24, 2.45) is 0 Å². The summed E-state index contributed by atoms with van der Waals surface area (Å²) in [6.07, 6.45) is 0.861. The van der Waals surface area contributed by atoms with Gasteiger partial charge in [-0.05, 0) is 18.1 Å². The summed E-state index contributed by atoms with van der Waals surface area (Å²) >= 11 is 0. The first-order valence-electron chi connectivity index (χ1n) is 3.32. The number of hydrogen-bond acceptors (Lipinski definition) is 2. The van der Waals surface area contributed by atoms with E-state index in [0.29, 0.717) is 5.69 Å². The van der Waals surface area contributed by atoms with Gasteiger partial charge in [-0.25, -0.2) is 0 Å². The fraction of sp³-hybridized carbons (Fsp3) is 0.250. The quantitative estimate of drug-likeness (QED) is 0.455. The van der Waals surface area contributed by atoms with Crippen LogP contribution in [0.4, 0.5) is 5.69 Å². The lowest BCUT2D eigenvalue weighted by Crippen LogP contribution is -1.91. The van der Waals surface area contributed by atoms with E-state index in [0.717, 1.165) is 12.0 Å². The maximum Gasteiger partial charge on any atom is 0.138 e. The molecule has 0 heterocycles. The molecule has 0 aliphatic carbocycles. The first-order valence-corrected chi connectivity index (χ1v) is 3.32. The number of phenolic OH excluding ortho intramolecular Hbond substituents is 1. The molecule has 0 saturated heterocycles. The van der Waals surface area contributed by atoms with E-state index >= 15 is 0 Å². The zero-order chi connectivity index (χ0) is 7.56. The molecule has 1 aromatic carbocycles. The zero-order valence-corrected chi connectivity index (χ0v) is 5.96. The molecule has 2 heteroatoms. The van der Waals surface area contributed by atoms with E-state index in [9.17, 15) is 0 Å². The van der Waals surface area contributed by atoms with Crippen molar-refractivity contribution in [3.63, 3.8) is 0 Å². The van der Waals surface area contributed by atoms with Gasteiger partial charge in [-0.15, -0.1) is 0 Å². The molecule has 0 aliphatic rings. The Hall–Kier alpha value is -1.18. The molecule has 54 valence electrons. The van der Waals surface area contributed by atoms with Crippen LogP contribution in [0.25, 0.3) is 0 Å². The maximum atomic E-state index is 9.11.